The van der Waals surface area contributed by atoms with Crippen LogP contribution in [-0.2, 0) is 0 Å². The summed E-state index contributed by atoms with van der Waals surface area (Å²) in [6.07, 6.45) is 11.3. The van der Waals surface area contributed by atoms with Gasteiger partial charge in [0, 0.05) is 0 Å². The van der Waals surface area contributed by atoms with E-state index < -0.39 is 0 Å². The Kier molecular flexibility index (Phi) is 6.11. The van der Waals surface area contributed by atoms with E-state index >= 15 is 0 Å². The maximum absolute atomic E-state index is 10.1. The van der Waals surface area contributed by atoms with Crippen molar-refractivity contribution < 1.29 is 5.11 Å². The number of nitrogens with zero attached hydrogens (tertiary/aromatic N) is 2. The van der Waals surface area contributed by atoms with E-state index in [0.29, 0.717) is 0 Å². The van der Waals surface area contributed by atoms with E-state index in [9.17, 15) is 5.11 Å². The number of likely N-dealkylation sites (tertiary alicyclic amines) is 2. The highest BCUT2D eigenvalue weighted by atomic mass is 16.3. The molecule has 0 aromatic rings. The lowest BCUT2D eigenvalue weighted by Gasteiger charge is -2.49. The van der Waals surface area contributed by atoms with Crippen LogP contribution in [0, 0.1) is 6.92 Å². The van der Waals surface area contributed by atoms with Gasteiger partial charge in [-0.15, -0.1) is 0 Å². The maximum atomic E-state index is 10.1. The molecule has 19 heavy (non-hydrogen) atoms. The van der Waals surface area contributed by atoms with Crippen LogP contribution >= 0.6 is 0 Å². The SMILES string of the molecule is [CH2]CC(CO)(N1CCCCCC1)N1CCCCCC1. The number of hydrogen-bond donors (Lipinski definition) is 1. The van der Waals surface area contributed by atoms with E-state index in [4.69, 9.17) is 0 Å². The first-order valence-electron chi connectivity index (χ1n) is 8.24. The summed E-state index contributed by atoms with van der Waals surface area (Å²) >= 11 is 0. The minimum absolute atomic E-state index is 0.186. The summed E-state index contributed by atoms with van der Waals surface area (Å²) in [5.74, 6) is 0. The molecule has 1 N–H and O–H groups in total. The predicted octanol–water partition coefficient (Wildman–Crippen LogP) is 2.65. The summed E-state index contributed by atoms with van der Waals surface area (Å²) in [5, 5.41) is 10.1. The van der Waals surface area contributed by atoms with Crippen molar-refractivity contribution in [3.8, 4) is 0 Å². The second-order valence-corrected chi connectivity index (χ2v) is 6.19. The van der Waals surface area contributed by atoms with Crippen molar-refractivity contribution in [1.29, 1.82) is 0 Å². The summed E-state index contributed by atoms with van der Waals surface area (Å²) in [5.41, 5.74) is -0.186. The number of hydrogen-bond acceptors (Lipinski definition) is 3. The van der Waals surface area contributed by atoms with Gasteiger partial charge in [0.1, 0.15) is 0 Å². The van der Waals surface area contributed by atoms with Crippen LogP contribution in [0.5, 0.6) is 0 Å². The van der Waals surface area contributed by atoms with Gasteiger partial charge in [-0.25, -0.2) is 0 Å². The Labute approximate surface area is 119 Å². The van der Waals surface area contributed by atoms with Crippen molar-refractivity contribution in [3.63, 3.8) is 0 Å². The normalized spacial score (nSPS) is 24.9. The van der Waals surface area contributed by atoms with Gasteiger partial charge in [-0.1, -0.05) is 32.6 Å². The highest BCUT2D eigenvalue weighted by Crippen LogP contribution is 2.29. The van der Waals surface area contributed by atoms with Crippen LogP contribution < -0.4 is 0 Å². The van der Waals surface area contributed by atoms with Gasteiger partial charge < -0.3 is 5.11 Å². The lowest BCUT2D eigenvalue weighted by Crippen LogP contribution is -2.63. The molecule has 1 radical (unpaired) electrons. The summed E-state index contributed by atoms with van der Waals surface area (Å²) in [6.45, 7) is 8.96. The first-order chi connectivity index (χ1) is 9.33. The molecule has 0 aromatic carbocycles. The minimum atomic E-state index is -0.186. The molecule has 0 bridgehead atoms. The third-order valence-corrected chi connectivity index (χ3v) is 5.04. The van der Waals surface area contributed by atoms with Crippen molar-refractivity contribution in [2.75, 3.05) is 32.8 Å². The summed E-state index contributed by atoms with van der Waals surface area (Å²) in [7, 11) is 0. The number of aliphatic hydroxyl groups is 1. The van der Waals surface area contributed by atoms with E-state index in [-0.39, 0.29) is 12.3 Å². The second kappa shape index (κ2) is 7.61. The Morgan fingerprint density at radius 3 is 1.37 bits per heavy atom. The van der Waals surface area contributed by atoms with Gasteiger partial charge in [0.15, 0.2) is 0 Å². The fourth-order valence-electron chi connectivity index (χ4n) is 3.77. The lowest BCUT2D eigenvalue weighted by atomic mass is 10.0. The monoisotopic (exact) mass is 267 g/mol. The average molecular weight is 267 g/mol. The Bertz CT molecular complexity index is 215. The van der Waals surface area contributed by atoms with Gasteiger partial charge in [0.05, 0.1) is 12.3 Å². The molecule has 2 aliphatic heterocycles. The van der Waals surface area contributed by atoms with Crippen LogP contribution in [0.2, 0.25) is 0 Å². The molecule has 2 rings (SSSR count). The molecule has 0 amide bonds. The lowest BCUT2D eigenvalue weighted by molar-refractivity contribution is -0.0901. The van der Waals surface area contributed by atoms with Crippen LogP contribution in [0.4, 0.5) is 0 Å². The molecule has 2 fully saturated rings. The van der Waals surface area contributed by atoms with Crippen molar-refractivity contribution in [3.05, 3.63) is 6.92 Å². The quantitative estimate of drug-likeness (QED) is 0.848. The van der Waals surface area contributed by atoms with Gasteiger partial charge in [-0.3, -0.25) is 9.80 Å². The molecule has 3 nitrogen and oxygen atoms in total. The van der Waals surface area contributed by atoms with Crippen LogP contribution in [0.25, 0.3) is 0 Å². The maximum Gasteiger partial charge on any atom is 0.0975 e. The van der Waals surface area contributed by atoms with Crippen LogP contribution in [0.15, 0.2) is 0 Å². The van der Waals surface area contributed by atoms with Crippen molar-refractivity contribution >= 4 is 0 Å². The molecule has 0 atom stereocenters. The van der Waals surface area contributed by atoms with Gasteiger partial charge >= 0.3 is 0 Å². The molecule has 0 unspecified atom stereocenters. The van der Waals surface area contributed by atoms with Gasteiger partial charge in [0.2, 0.25) is 0 Å². The molecular weight excluding hydrogens is 236 g/mol. The minimum Gasteiger partial charge on any atom is -0.393 e. The zero-order chi connectivity index (χ0) is 13.6. The van der Waals surface area contributed by atoms with Crippen LogP contribution in [0.1, 0.15) is 57.8 Å². The molecule has 2 heterocycles. The van der Waals surface area contributed by atoms with Crippen molar-refractivity contribution in [2.24, 2.45) is 0 Å². The standard InChI is InChI=1S/C16H31N2O/c1-2-16(15-19,17-11-7-3-4-8-12-17)18-13-9-5-6-10-14-18/h19H,1-15H2. The number of rotatable bonds is 4. The zero-order valence-corrected chi connectivity index (χ0v) is 12.4. The van der Waals surface area contributed by atoms with Crippen molar-refractivity contribution in [2.45, 2.75) is 63.5 Å². The van der Waals surface area contributed by atoms with Crippen molar-refractivity contribution in [1.82, 2.24) is 9.80 Å². The average Bonchev–Trinajstić information content (AvgIpc) is 2.86. The molecule has 111 valence electrons. The van der Waals surface area contributed by atoms with E-state index in [2.05, 4.69) is 16.7 Å². The van der Waals surface area contributed by atoms with Gasteiger partial charge in [0.25, 0.3) is 0 Å². The van der Waals surface area contributed by atoms with Crippen LogP contribution in [-0.4, -0.2) is 53.4 Å². The van der Waals surface area contributed by atoms with E-state index in [1.54, 1.807) is 0 Å². The highest BCUT2D eigenvalue weighted by molar-refractivity contribution is 4.92. The second-order valence-electron chi connectivity index (χ2n) is 6.19. The Morgan fingerprint density at radius 1 is 0.737 bits per heavy atom. The van der Waals surface area contributed by atoms with E-state index in [1.165, 1.54) is 51.4 Å². The van der Waals surface area contributed by atoms with E-state index in [1.807, 2.05) is 0 Å². The molecule has 0 spiro atoms. The molecule has 2 aliphatic rings. The summed E-state index contributed by atoms with van der Waals surface area (Å²) < 4.78 is 0. The Balaban J connectivity index is 2.13. The fraction of sp³-hybridized carbons (Fsp3) is 0.938. The first kappa shape index (κ1) is 15.3. The first-order valence-corrected chi connectivity index (χ1v) is 8.24. The molecule has 0 aromatic heterocycles. The van der Waals surface area contributed by atoms with Crippen LogP contribution in [0.3, 0.4) is 0 Å². The topological polar surface area (TPSA) is 26.7 Å². The summed E-state index contributed by atoms with van der Waals surface area (Å²) in [4.78, 5) is 5.08. The van der Waals surface area contributed by atoms with Gasteiger partial charge in [-0.05, 0) is 58.3 Å². The molecule has 3 heteroatoms. The molecular formula is C16H31N2O. The summed E-state index contributed by atoms with van der Waals surface area (Å²) in [6, 6.07) is 0. The molecule has 2 saturated heterocycles. The van der Waals surface area contributed by atoms with E-state index in [0.717, 1.165) is 32.6 Å². The van der Waals surface area contributed by atoms with Gasteiger partial charge in [-0.2, -0.15) is 0 Å². The highest BCUT2D eigenvalue weighted by Gasteiger charge is 2.40. The fourth-order valence-corrected chi connectivity index (χ4v) is 3.77. The Morgan fingerprint density at radius 2 is 1.11 bits per heavy atom. The smallest absolute Gasteiger partial charge is 0.0975 e. The third kappa shape index (κ3) is 3.50. The molecule has 0 saturated carbocycles. The third-order valence-electron chi connectivity index (χ3n) is 5.04. The largest absolute Gasteiger partial charge is 0.393 e. The zero-order valence-electron chi connectivity index (χ0n) is 12.4. The molecule has 0 aliphatic carbocycles. The number of aliphatic hydroxyl groups excluding tert-OH is 1. The Hall–Kier alpha value is -0.120. The predicted molar refractivity (Wildman–Crippen MR) is 79.9 cm³/mol.